The van der Waals surface area contributed by atoms with Crippen LogP contribution in [0.5, 0.6) is 11.5 Å². The predicted molar refractivity (Wildman–Crippen MR) is 108 cm³/mol. The number of nitrogens with zero attached hydrogens (tertiary/aromatic N) is 3. The van der Waals surface area contributed by atoms with Crippen molar-refractivity contribution in [2.75, 3.05) is 66.2 Å². The van der Waals surface area contributed by atoms with Crippen LogP contribution in [0, 0.1) is 5.92 Å². The Labute approximate surface area is 168 Å². The fourth-order valence-electron chi connectivity index (χ4n) is 3.50. The van der Waals surface area contributed by atoms with Gasteiger partial charge in [0.1, 0.15) is 0 Å². The summed E-state index contributed by atoms with van der Waals surface area (Å²) in [7, 11) is 1.68. The average molecular weight is 392 g/mol. The molecule has 0 aromatic heterocycles. The molecule has 2 aliphatic heterocycles. The highest BCUT2D eigenvalue weighted by molar-refractivity contribution is 5.74. The summed E-state index contributed by atoms with van der Waals surface area (Å²) < 4.78 is 16.7. The summed E-state index contributed by atoms with van der Waals surface area (Å²) in [6, 6.07) is 6.30. The Balaban J connectivity index is 1.50. The van der Waals surface area contributed by atoms with Crippen LogP contribution in [-0.4, -0.2) is 86.9 Å². The van der Waals surface area contributed by atoms with Crippen molar-refractivity contribution in [3.05, 3.63) is 23.8 Å². The minimum absolute atomic E-state index is 0.149. The largest absolute Gasteiger partial charge is 0.493 e. The summed E-state index contributed by atoms with van der Waals surface area (Å²) in [6.45, 7) is 11.8. The van der Waals surface area contributed by atoms with Crippen LogP contribution in [0.2, 0.25) is 0 Å². The number of carbonyl (C=O) groups is 1. The molecule has 28 heavy (non-hydrogen) atoms. The number of ether oxygens (including phenoxy) is 3. The second-order valence-corrected chi connectivity index (χ2v) is 7.84. The van der Waals surface area contributed by atoms with Crippen LogP contribution in [0.25, 0.3) is 0 Å². The lowest BCUT2D eigenvalue weighted by Crippen LogP contribution is -2.54. The van der Waals surface area contributed by atoms with E-state index in [0.29, 0.717) is 38.8 Å². The van der Waals surface area contributed by atoms with Crippen molar-refractivity contribution in [3.8, 4) is 11.5 Å². The molecule has 0 N–H and O–H groups in total. The number of methoxy groups -OCH3 is 1. The Bertz CT molecular complexity index is 639. The topological polar surface area (TPSA) is 54.5 Å². The van der Waals surface area contributed by atoms with Crippen molar-refractivity contribution in [1.29, 1.82) is 0 Å². The summed E-state index contributed by atoms with van der Waals surface area (Å²) in [4.78, 5) is 18.8. The van der Waals surface area contributed by atoms with Crippen LogP contribution in [0.1, 0.15) is 19.4 Å². The van der Waals surface area contributed by atoms with Crippen molar-refractivity contribution in [1.82, 2.24) is 14.7 Å². The summed E-state index contributed by atoms with van der Waals surface area (Å²) in [5, 5.41) is 0. The molecule has 0 aliphatic carbocycles. The van der Waals surface area contributed by atoms with Gasteiger partial charge in [-0.2, -0.15) is 0 Å². The van der Waals surface area contributed by atoms with E-state index >= 15 is 0 Å². The van der Waals surface area contributed by atoms with E-state index in [1.807, 2.05) is 15.9 Å². The molecule has 0 spiro atoms. The molecule has 7 nitrogen and oxygen atoms in total. The minimum Gasteiger partial charge on any atom is -0.493 e. The highest BCUT2D eigenvalue weighted by Gasteiger charge is 2.26. The van der Waals surface area contributed by atoms with Gasteiger partial charge in [0.15, 0.2) is 11.5 Å². The molecule has 0 radical (unpaired) electrons. The van der Waals surface area contributed by atoms with Crippen LogP contribution in [0.3, 0.4) is 0 Å². The second-order valence-electron chi connectivity index (χ2n) is 7.84. The molecular weight excluding hydrogens is 358 g/mol. The van der Waals surface area contributed by atoms with Gasteiger partial charge in [0.2, 0.25) is 0 Å². The molecule has 2 aliphatic rings. The second kappa shape index (κ2) is 9.98. The van der Waals surface area contributed by atoms with Crippen molar-refractivity contribution >= 4 is 6.03 Å². The van der Waals surface area contributed by atoms with E-state index in [9.17, 15) is 4.79 Å². The van der Waals surface area contributed by atoms with Gasteiger partial charge in [0.05, 0.1) is 26.9 Å². The maximum atomic E-state index is 12.6. The molecule has 0 atom stereocenters. The van der Waals surface area contributed by atoms with Gasteiger partial charge in [-0.3, -0.25) is 4.90 Å². The van der Waals surface area contributed by atoms with Crippen LogP contribution < -0.4 is 9.47 Å². The Morgan fingerprint density at radius 3 is 2.36 bits per heavy atom. The first kappa shape index (κ1) is 20.7. The van der Waals surface area contributed by atoms with Gasteiger partial charge in [0.25, 0.3) is 0 Å². The summed E-state index contributed by atoms with van der Waals surface area (Å²) in [6.07, 6.45) is 0. The third-order valence-corrected chi connectivity index (χ3v) is 5.13. The number of benzene rings is 1. The van der Waals surface area contributed by atoms with Crippen LogP contribution in [0.4, 0.5) is 4.79 Å². The van der Waals surface area contributed by atoms with Crippen LogP contribution in [0.15, 0.2) is 18.2 Å². The van der Waals surface area contributed by atoms with Crippen LogP contribution >= 0.6 is 0 Å². The van der Waals surface area contributed by atoms with Crippen molar-refractivity contribution in [3.63, 3.8) is 0 Å². The number of morpholine rings is 1. The van der Waals surface area contributed by atoms with Gasteiger partial charge in [-0.05, 0) is 23.6 Å². The Kier molecular flexibility index (Phi) is 7.39. The number of urea groups is 1. The van der Waals surface area contributed by atoms with E-state index < -0.39 is 0 Å². The summed E-state index contributed by atoms with van der Waals surface area (Å²) in [5.74, 6) is 2.04. The van der Waals surface area contributed by atoms with E-state index in [-0.39, 0.29) is 6.03 Å². The molecule has 2 heterocycles. The molecule has 2 saturated heterocycles. The summed E-state index contributed by atoms with van der Waals surface area (Å²) in [5.41, 5.74) is 1.20. The fourth-order valence-corrected chi connectivity index (χ4v) is 3.50. The third kappa shape index (κ3) is 5.52. The van der Waals surface area contributed by atoms with E-state index in [4.69, 9.17) is 14.2 Å². The van der Waals surface area contributed by atoms with E-state index in [0.717, 1.165) is 44.2 Å². The summed E-state index contributed by atoms with van der Waals surface area (Å²) >= 11 is 0. The third-order valence-electron chi connectivity index (χ3n) is 5.13. The normalized spacial score (nSPS) is 18.4. The first-order valence-electron chi connectivity index (χ1n) is 10.2. The predicted octanol–water partition coefficient (Wildman–Crippen LogP) is 2.30. The van der Waals surface area contributed by atoms with Crippen LogP contribution in [-0.2, 0) is 11.3 Å². The molecule has 0 bridgehead atoms. The maximum Gasteiger partial charge on any atom is 0.320 e. The van der Waals surface area contributed by atoms with Crippen molar-refractivity contribution < 1.29 is 19.0 Å². The first-order valence-corrected chi connectivity index (χ1v) is 10.2. The molecular formula is C21H33N3O4. The van der Waals surface area contributed by atoms with Gasteiger partial charge >= 0.3 is 6.03 Å². The number of amides is 2. The van der Waals surface area contributed by atoms with E-state index in [2.05, 4.69) is 30.9 Å². The number of carbonyl (C=O) groups excluding carboxylic acids is 1. The zero-order valence-electron chi connectivity index (χ0n) is 17.4. The molecule has 3 rings (SSSR count). The number of piperazine rings is 1. The number of rotatable bonds is 6. The van der Waals surface area contributed by atoms with Crippen molar-refractivity contribution in [2.45, 2.75) is 20.4 Å². The molecule has 156 valence electrons. The molecule has 1 aromatic carbocycles. The Hall–Kier alpha value is -1.99. The zero-order chi connectivity index (χ0) is 19.9. The average Bonchev–Trinajstić information content (AvgIpc) is 2.73. The van der Waals surface area contributed by atoms with Gasteiger partial charge < -0.3 is 24.0 Å². The Morgan fingerprint density at radius 2 is 1.71 bits per heavy atom. The number of hydrogen-bond acceptors (Lipinski definition) is 5. The lowest BCUT2D eigenvalue weighted by molar-refractivity contribution is 0.0373. The van der Waals surface area contributed by atoms with Crippen molar-refractivity contribution in [2.24, 2.45) is 5.92 Å². The Morgan fingerprint density at radius 1 is 1.04 bits per heavy atom. The molecule has 2 amide bonds. The quantitative estimate of drug-likeness (QED) is 0.745. The lowest BCUT2D eigenvalue weighted by atomic mass is 10.1. The van der Waals surface area contributed by atoms with Gasteiger partial charge in [0, 0.05) is 45.8 Å². The monoisotopic (exact) mass is 391 g/mol. The molecule has 2 fully saturated rings. The molecule has 7 heteroatoms. The lowest BCUT2D eigenvalue weighted by Gasteiger charge is -2.38. The molecule has 0 saturated carbocycles. The zero-order valence-corrected chi connectivity index (χ0v) is 17.4. The first-order chi connectivity index (χ1) is 13.6. The molecule has 1 aromatic rings. The standard InChI is InChI=1S/C21H33N3O4/c1-17(2)16-28-19-5-4-18(14-20(19)26-3)15-22-6-8-23(9-7-22)21(25)24-10-12-27-13-11-24/h4-5,14,17H,6-13,15-16H2,1-3H3. The highest BCUT2D eigenvalue weighted by atomic mass is 16.5. The van der Waals surface area contributed by atoms with E-state index in [1.165, 1.54) is 5.56 Å². The minimum atomic E-state index is 0.149. The van der Waals surface area contributed by atoms with Gasteiger partial charge in [-0.15, -0.1) is 0 Å². The maximum absolute atomic E-state index is 12.6. The highest BCUT2D eigenvalue weighted by Crippen LogP contribution is 2.29. The molecule has 0 unspecified atom stereocenters. The van der Waals surface area contributed by atoms with Gasteiger partial charge in [-0.25, -0.2) is 4.79 Å². The SMILES string of the molecule is COc1cc(CN2CCN(C(=O)N3CCOCC3)CC2)ccc1OCC(C)C. The fraction of sp³-hybridized carbons (Fsp3) is 0.667. The van der Waals surface area contributed by atoms with Gasteiger partial charge in [-0.1, -0.05) is 19.9 Å². The smallest absolute Gasteiger partial charge is 0.320 e. The number of hydrogen-bond donors (Lipinski definition) is 0. The van der Waals surface area contributed by atoms with E-state index in [1.54, 1.807) is 7.11 Å².